The summed E-state index contributed by atoms with van der Waals surface area (Å²) in [4.78, 5) is 46.6. The largest absolute Gasteiger partial charge is 0.495 e. The van der Waals surface area contributed by atoms with Gasteiger partial charge >= 0.3 is 5.97 Å². The summed E-state index contributed by atoms with van der Waals surface area (Å²) in [6.07, 6.45) is 2.66. The van der Waals surface area contributed by atoms with Crippen molar-refractivity contribution in [3.05, 3.63) is 100 Å². The molecule has 0 saturated heterocycles. The fourth-order valence-electron chi connectivity index (χ4n) is 4.28. The maximum Gasteiger partial charge on any atom is 0.344 e. The second-order valence-electron chi connectivity index (χ2n) is 8.51. The van der Waals surface area contributed by atoms with Crippen molar-refractivity contribution >= 4 is 51.7 Å². The van der Waals surface area contributed by atoms with Gasteiger partial charge in [0.1, 0.15) is 22.6 Å². The first-order chi connectivity index (χ1) is 19.4. The Labute approximate surface area is 227 Å². The lowest BCUT2D eigenvalue weighted by Crippen LogP contribution is -2.16. The summed E-state index contributed by atoms with van der Waals surface area (Å²) in [6, 6.07) is 20.2. The first-order valence-corrected chi connectivity index (χ1v) is 12.3. The minimum atomic E-state index is -0.691. The Morgan fingerprint density at radius 1 is 1.02 bits per heavy atom. The standard InChI is InChI=1S/C29H23N5O6/c1-3-40-29(36)25-26-28(31-21-12-5-4-11-20(21)30-26)33(22-13-6-7-14-23(22)39-2)27(25)32-24(35)16-15-18-9-8-10-19(17-18)34(37)38/h4-17H,3H2,1-2H3,(H,32,35)/b16-15+. The molecule has 0 spiro atoms. The number of non-ortho nitro benzene ring substituents is 1. The van der Waals surface area contributed by atoms with E-state index in [4.69, 9.17) is 19.4 Å². The number of benzene rings is 3. The summed E-state index contributed by atoms with van der Waals surface area (Å²) in [5.41, 5.74) is 2.57. The van der Waals surface area contributed by atoms with Gasteiger partial charge < -0.3 is 14.8 Å². The molecular formula is C29H23N5O6. The highest BCUT2D eigenvalue weighted by Crippen LogP contribution is 2.36. The van der Waals surface area contributed by atoms with Gasteiger partial charge in [0.05, 0.1) is 35.4 Å². The zero-order valence-electron chi connectivity index (χ0n) is 21.5. The van der Waals surface area contributed by atoms with Gasteiger partial charge in [-0.3, -0.25) is 19.5 Å². The number of nitrogens with zero attached hydrogens (tertiary/aromatic N) is 4. The van der Waals surface area contributed by atoms with E-state index in [1.807, 2.05) is 12.1 Å². The van der Waals surface area contributed by atoms with Crippen molar-refractivity contribution in [1.82, 2.24) is 14.5 Å². The molecule has 0 radical (unpaired) electrons. The molecule has 2 aromatic heterocycles. The molecule has 0 atom stereocenters. The van der Waals surface area contributed by atoms with Crippen molar-refractivity contribution in [3.8, 4) is 11.4 Å². The van der Waals surface area contributed by atoms with Gasteiger partial charge in [0.25, 0.3) is 5.69 Å². The van der Waals surface area contributed by atoms with E-state index < -0.39 is 16.8 Å². The van der Waals surface area contributed by atoms with E-state index in [-0.39, 0.29) is 29.2 Å². The van der Waals surface area contributed by atoms with E-state index in [0.29, 0.717) is 33.7 Å². The number of carbonyl (C=O) groups is 2. The van der Waals surface area contributed by atoms with Crippen LogP contribution in [0.4, 0.5) is 11.5 Å². The van der Waals surface area contributed by atoms with Gasteiger partial charge in [0.2, 0.25) is 5.91 Å². The van der Waals surface area contributed by atoms with Crippen LogP contribution in [0.15, 0.2) is 78.9 Å². The molecule has 40 heavy (non-hydrogen) atoms. The highest BCUT2D eigenvalue weighted by molar-refractivity contribution is 6.13. The average molecular weight is 538 g/mol. The van der Waals surface area contributed by atoms with Gasteiger partial charge in [-0.25, -0.2) is 14.8 Å². The third-order valence-corrected chi connectivity index (χ3v) is 6.02. The van der Waals surface area contributed by atoms with Crippen LogP contribution < -0.4 is 10.1 Å². The number of para-hydroxylation sites is 4. The zero-order chi connectivity index (χ0) is 28.2. The number of anilines is 1. The summed E-state index contributed by atoms with van der Waals surface area (Å²) in [5, 5.41) is 13.9. The van der Waals surface area contributed by atoms with E-state index in [1.54, 1.807) is 54.0 Å². The molecule has 0 aliphatic heterocycles. The fourth-order valence-corrected chi connectivity index (χ4v) is 4.28. The zero-order valence-corrected chi connectivity index (χ0v) is 21.5. The molecule has 2 heterocycles. The van der Waals surface area contributed by atoms with E-state index >= 15 is 0 Å². The second kappa shape index (κ2) is 11.0. The summed E-state index contributed by atoms with van der Waals surface area (Å²) < 4.78 is 12.5. The van der Waals surface area contributed by atoms with Crippen molar-refractivity contribution in [1.29, 1.82) is 0 Å². The van der Waals surface area contributed by atoms with Gasteiger partial charge in [-0.1, -0.05) is 36.4 Å². The van der Waals surface area contributed by atoms with E-state index in [1.165, 1.54) is 37.5 Å². The quantitative estimate of drug-likeness (QED) is 0.121. The minimum absolute atomic E-state index is 0.0260. The predicted octanol–water partition coefficient (Wildman–Crippen LogP) is 5.32. The van der Waals surface area contributed by atoms with Crippen LogP contribution >= 0.6 is 0 Å². The van der Waals surface area contributed by atoms with Gasteiger partial charge in [-0.2, -0.15) is 0 Å². The lowest BCUT2D eigenvalue weighted by Gasteiger charge is -2.14. The highest BCUT2D eigenvalue weighted by Gasteiger charge is 2.29. The van der Waals surface area contributed by atoms with Crippen molar-refractivity contribution in [2.45, 2.75) is 6.92 Å². The van der Waals surface area contributed by atoms with Gasteiger partial charge in [0, 0.05) is 18.2 Å². The molecule has 11 nitrogen and oxygen atoms in total. The van der Waals surface area contributed by atoms with Crippen LogP contribution in [0.2, 0.25) is 0 Å². The Kier molecular flexibility index (Phi) is 7.18. The van der Waals surface area contributed by atoms with Gasteiger partial charge in [0.15, 0.2) is 5.65 Å². The number of nitro benzene ring substituents is 1. The molecule has 1 N–H and O–H groups in total. The summed E-state index contributed by atoms with van der Waals surface area (Å²) >= 11 is 0. The number of methoxy groups -OCH3 is 1. The van der Waals surface area contributed by atoms with Crippen LogP contribution in [0.25, 0.3) is 34.0 Å². The lowest BCUT2D eigenvalue weighted by molar-refractivity contribution is -0.384. The summed E-state index contributed by atoms with van der Waals surface area (Å²) in [7, 11) is 1.51. The van der Waals surface area contributed by atoms with Crippen molar-refractivity contribution in [2.24, 2.45) is 0 Å². The molecule has 0 bridgehead atoms. The number of amides is 1. The predicted molar refractivity (Wildman–Crippen MR) is 150 cm³/mol. The van der Waals surface area contributed by atoms with Crippen LogP contribution in [-0.2, 0) is 9.53 Å². The number of hydrogen-bond donors (Lipinski definition) is 1. The Morgan fingerprint density at radius 3 is 2.48 bits per heavy atom. The number of aromatic nitrogens is 3. The monoisotopic (exact) mass is 537 g/mol. The number of hydrogen-bond acceptors (Lipinski definition) is 8. The normalized spacial score (nSPS) is 11.2. The maximum atomic E-state index is 13.3. The third-order valence-electron chi connectivity index (χ3n) is 6.02. The highest BCUT2D eigenvalue weighted by atomic mass is 16.6. The molecule has 0 fully saturated rings. The number of carbonyl (C=O) groups excluding carboxylic acids is 2. The number of fused-ring (bicyclic) bond motifs is 2. The molecule has 200 valence electrons. The molecule has 11 heteroatoms. The fraction of sp³-hybridized carbons (Fsp3) is 0.103. The SMILES string of the molecule is CCOC(=O)c1c(NC(=O)/C=C/c2cccc([N+](=O)[O-])c2)n(-c2ccccc2OC)c2nc3ccccc3nc12. The molecule has 5 aromatic rings. The maximum absolute atomic E-state index is 13.3. The first-order valence-electron chi connectivity index (χ1n) is 12.3. The van der Waals surface area contributed by atoms with E-state index in [9.17, 15) is 19.7 Å². The van der Waals surface area contributed by atoms with E-state index in [2.05, 4.69) is 5.32 Å². The van der Waals surface area contributed by atoms with Gasteiger partial charge in [-0.15, -0.1) is 0 Å². The Morgan fingerprint density at radius 2 is 1.75 bits per heavy atom. The molecule has 5 rings (SSSR count). The Hall–Kier alpha value is -5.58. The van der Waals surface area contributed by atoms with Crippen molar-refractivity contribution < 1.29 is 24.0 Å². The second-order valence-corrected chi connectivity index (χ2v) is 8.51. The molecule has 0 aliphatic carbocycles. The molecule has 0 aliphatic rings. The van der Waals surface area contributed by atoms with Crippen LogP contribution in [0.1, 0.15) is 22.8 Å². The Bertz CT molecular complexity index is 1810. The first kappa shape index (κ1) is 26.0. The van der Waals surface area contributed by atoms with Crippen LogP contribution in [0.3, 0.4) is 0 Å². The Balaban J connectivity index is 1.71. The lowest BCUT2D eigenvalue weighted by atomic mass is 10.2. The molecule has 0 unspecified atom stereocenters. The average Bonchev–Trinajstić information content (AvgIpc) is 3.27. The van der Waals surface area contributed by atoms with Crippen LogP contribution in [0, 0.1) is 10.1 Å². The topological polar surface area (TPSA) is 138 Å². The molecular weight excluding hydrogens is 514 g/mol. The summed E-state index contributed by atoms with van der Waals surface area (Å²) in [6.45, 7) is 1.78. The number of esters is 1. The van der Waals surface area contributed by atoms with E-state index in [0.717, 1.165) is 0 Å². The third kappa shape index (κ3) is 4.95. The number of nitro groups is 1. The van der Waals surface area contributed by atoms with Crippen molar-refractivity contribution in [3.63, 3.8) is 0 Å². The molecule has 3 aromatic carbocycles. The number of rotatable bonds is 8. The summed E-state index contributed by atoms with van der Waals surface area (Å²) in [5.74, 6) is -0.737. The van der Waals surface area contributed by atoms with Gasteiger partial charge in [-0.05, 0) is 42.8 Å². The van der Waals surface area contributed by atoms with Crippen LogP contribution in [0.5, 0.6) is 5.75 Å². The van der Waals surface area contributed by atoms with Crippen molar-refractivity contribution in [2.75, 3.05) is 19.0 Å². The number of nitrogens with one attached hydrogen (secondary N) is 1. The smallest absolute Gasteiger partial charge is 0.344 e. The van der Waals surface area contributed by atoms with Crippen LogP contribution in [-0.4, -0.2) is 45.1 Å². The molecule has 0 saturated carbocycles. The number of ether oxygens (including phenoxy) is 2. The minimum Gasteiger partial charge on any atom is -0.495 e. The molecule has 1 amide bonds.